The Bertz CT molecular complexity index is 644. The zero-order valence-corrected chi connectivity index (χ0v) is 12.4. The fourth-order valence-electron chi connectivity index (χ4n) is 3.11. The van der Waals surface area contributed by atoms with Gasteiger partial charge < -0.3 is 9.84 Å². The van der Waals surface area contributed by atoms with Crippen LogP contribution < -0.4 is 5.32 Å². The average molecular weight is 302 g/mol. The predicted molar refractivity (Wildman–Crippen MR) is 78.9 cm³/mol. The van der Waals surface area contributed by atoms with Gasteiger partial charge in [-0.05, 0) is 30.5 Å². The highest BCUT2D eigenvalue weighted by Crippen LogP contribution is 2.52. The van der Waals surface area contributed by atoms with E-state index in [1.165, 1.54) is 12.1 Å². The zero-order valence-electron chi connectivity index (χ0n) is 12.4. The van der Waals surface area contributed by atoms with E-state index < -0.39 is 0 Å². The van der Waals surface area contributed by atoms with Gasteiger partial charge in [0.25, 0.3) is 0 Å². The lowest BCUT2D eigenvalue weighted by Crippen LogP contribution is -2.42. The first-order valence-electron chi connectivity index (χ1n) is 7.78. The number of aromatic nitrogens is 2. The number of nitrogens with one attached hydrogen (secondary N) is 1. The van der Waals surface area contributed by atoms with E-state index in [0.717, 1.165) is 50.4 Å². The third kappa shape index (κ3) is 2.53. The van der Waals surface area contributed by atoms with E-state index in [2.05, 4.69) is 20.4 Å². The standard InChI is InChI=1S/C16H19FN4O/c17-13-3-1-12(2-4-13)16(5-6-16)15-19-14(22-20-15)11-21-9-7-18-8-10-21/h1-4,18H,5-11H2. The Labute approximate surface area is 128 Å². The molecule has 22 heavy (non-hydrogen) atoms. The van der Waals surface area contributed by atoms with Crippen LogP contribution in [0.15, 0.2) is 28.8 Å². The van der Waals surface area contributed by atoms with Crippen LogP contribution in [0.3, 0.4) is 0 Å². The van der Waals surface area contributed by atoms with Crippen LogP contribution >= 0.6 is 0 Å². The summed E-state index contributed by atoms with van der Waals surface area (Å²) in [7, 11) is 0. The van der Waals surface area contributed by atoms with Crippen LogP contribution in [-0.2, 0) is 12.0 Å². The van der Waals surface area contributed by atoms with E-state index in [1.54, 1.807) is 0 Å². The van der Waals surface area contributed by atoms with Gasteiger partial charge in [0.2, 0.25) is 5.89 Å². The molecule has 0 unspecified atom stereocenters. The van der Waals surface area contributed by atoms with Crippen LogP contribution in [0.2, 0.25) is 0 Å². The van der Waals surface area contributed by atoms with Gasteiger partial charge in [0.05, 0.1) is 12.0 Å². The molecule has 1 saturated carbocycles. The van der Waals surface area contributed by atoms with Gasteiger partial charge in [-0.15, -0.1) is 0 Å². The van der Waals surface area contributed by atoms with Gasteiger partial charge in [-0.2, -0.15) is 4.98 Å². The second-order valence-corrected chi connectivity index (χ2v) is 6.13. The highest BCUT2D eigenvalue weighted by molar-refractivity contribution is 5.38. The quantitative estimate of drug-likeness (QED) is 0.931. The van der Waals surface area contributed by atoms with Crippen molar-refractivity contribution in [3.8, 4) is 0 Å². The minimum Gasteiger partial charge on any atom is -0.338 e. The third-order valence-electron chi connectivity index (χ3n) is 4.61. The summed E-state index contributed by atoms with van der Waals surface area (Å²) in [5.74, 6) is 1.20. The number of nitrogens with zero attached hydrogens (tertiary/aromatic N) is 3. The molecule has 116 valence electrons. The Morgan fingerprint density at radius 2 is 1.91 bits per heavy atom. The molecule has 1 saturated heterocycles. The second kappa shape index (κ2) is 5.44. The largest absolute Gasteiger partial charge is 0.338 e. The molecule has 1 aliphatic carbocycles. The molecule has 4 rings (SSSR count). The highest BCUT2D eigenvalue weighted by atomic mass is 19.1. The molecule has 2 aromatic rings. The molecule has 1 aromatic carbocycles. The fraction of sp³-hybridized carbons (Fsp3) is 0.500. The summed E-state index contributed by atoms with van der Waals surface area (Å²) < 4.78 is 18.5. The lowest BCUT2D eigenvalue weighted by Gasteiger charge is -2.25. The van der Waals surface area contributed by atoms with Crippen molar-refractivity contribution in [1.82, 2.24) is 20.4 Å². The minimum absolute atomic E-state index is 0.168. The molecule has 1 aliphatic heterocycles. The highest BCUT2D eigenvalue weighted by Gasteiger charge is 2.50. The molecule has 1 N–H and O–H groups in total. The van der Waals surface area contributed by atoms with Gasteiger partial charge in [0, 0.05) is 26.2 Å². The van der Waals surface area contributed by atoms with Gasteiger partial charge >= 0.3 is 0 Å². The first-order chi connectivity index (χ1) is 10.8. The van der Waals surface area contributed by atoms with Crippen LogP contribution in [0.4, 0.5) is 4.39 Å². The lowest BCUT2D eigenvalue weighted by molar-refractivity contribution is 0.203. The maximum absolute atomic E-state index is 13.1. The fourth-order valence-corrected chi connectivity index (χ4v) is 3.11. The number of halogens is 1. The summed E-state index contributed by atoms with van der Waals surface area (Å²) >= 11 is 0. The molecular weight excluding hydrogens is 283 g/mol. The summed E-state index contributed by atoms with van der Waals surface area (Å²) in [6.45, 7) is 4.71. The number of benzene rings is 1. The summed E-state index contributed by atoms with van der Waals surface area (Å²) in [4.78, 5) is 6.91. The Hall–Kier alpha value is -1.79. The van der Waals surface area contributed by atoms with E-state index in [1.807, 2.05) is 12.1 Å². The van der Waals surface area contributed by atoms with Crippen molar-refractivity contribution < 1.29 is 8.91 Å². The van der Waals surface area contributed by atoms with Crippen molar-refractivity contribution in [3.63, 3.8) is 0 Å². The molecule has 0 amide bonds. The summed E-state index contributed by atoms with van der Waals surface area (Å²) in [5.41, 5.74) is 0.905. The lowest BCUT2D eigenvalue weighted by atomic mass is 9.95. The van der Waals surface area contributed by atoms with Crippen LogP contribution in [-0.4, -0.2) is 41.2 Å². The molecule has 6 heteroatoms. The maximum Gasteiger partial charge on any atom is 0.240 e. The molecule has 5 nitrogen and oxygen atoms in total. The van der Waals surface area contributed by atoms with Gasteiger partial charge in [-0.25, -0.2) is 4.39 Å². The van der Waals surface area contributed by atoms with E-state index in [0.29, 0.717) is 12.4 Å². The van der Waals surface area contributed by atoms with Crippen LogP contribution in [0, 0.1) is 5.82 Å². The first kappa shape index (κ1) is 13.8. The van der Waals surface area contributed by atoms with Gasteiger partial charge in [0.1, 0.15) is 5.82 Å². The van der Waals surface area contributed by atoms with Crippen molar-refractivity contribution >= 4 is 0 Å². The SMILES string of the molecule is Fc1ccc(C2(c3noc(CN4CCNCC4)n3)CC2)cc1. The third-order valence-corrected chi connectivity index (χ3v) is 4.61. The summed E-state index contributed by atoms with van der Waals surface area (Å²) in [5, 5.41) is 7.52. The maximum atomic E-state index is 13.1. The Balaban J connectivity index is 1.52. The van der Waals surface area contributed by atoms with Crippen molar-refractivity contribution in [1.29, 1.82) is 0 Å². The van der Waals surface area contributed by atoms with E-state index >= 15 is 0 Å². The van der Waals surface area contributed by atoms with Crippen molar-refractivity contribution in [3.05, 3.63) is 47.4 Å². The molecule has 2 fully saturated rings. The van der Waals surface area contributed by atoms with Crippen molar-refractivity contribution in [2.24, 2.45) is 0 Å². The smallest absolute Gasteiger partial charge is 0.240 e. The number of hydrogen-bond acceptors (Lipinski definition) is 5. The predicted octanol–water partition coefficient (Wildman–Crippen LogP) is 1.69. The first-order valence-corrected chi connectivity index (χ1v) is 7.78. The number of rotatable bonds is 4. The molecule has 0 atom stereocenters. The normalized spacial score (nSPS) is 21.0. The molecule has 2 heterocycles. The Kier molecular flexibility index (Phi) is 3.43. The van der Waals surface area contributed by atoms with Gasteiger partial charge in [-0.3, -0.25) is 4.90 Å². The summed E-state index contributed by atoms with van der Waals surface area (Å²) in [6, 6.07) is 6.65. The molecular formula is C16H19FN4O. The second-order valence-electron chi connectivity index (χ2n) is 6.13. The van der Waals surface area contributed by atoms with E-state index in [-0.39, 0.29) is 11.2 Å². The van der Waals surface area contributed by atoms with E-state index in [9.17, 15) is 4.39 Å². The zero-order chi connectivity index (χ0) is 15.0. The van der Waals surface area contributed by atoms with Crippen LogP contribution in [0.1, 0.15) is 30.1 Å². The van der Waals surface area contributed by atoms with Crippen LogP contribution in [0.25, 0.3) is 0 Å². The summed E-state index contributed by atoms with van der Waals surface area (Å²) in [6.07, 6.45) is 1.98. The van der Waals surface area contributed by atoms with Crippen LogP contribution in [0.5, 0.6) is 0 Å². The minimum atomic E-state index is -0.216. The van der Waals surface area contributed by atoms with Gasteiger partial charge in [-0.1, -0.05) is 17.3 Å². The molecule has 1 aromatic heterocycles. The van der Waals surface area contributed by atoms with Gasteiger partial charge in [0.15, 0.2) is 5.82 Å². The Morgan fingerprint density at radius 1 is 1.18 bits per heavy atom. The number of piperazine rings is 1. The topological polar surface area (TPSA) is 54.2 Å². The number of hydrogen-bond donors (Lipinski definition) is 1. The Morgan fingerprint density at radius 3 is 2.59 bits per heavy atom. The monoisotopic (exact) mass is 302 g/mol. The molecule has 0 radical (unpaired) electrons. The van der Waals surface area contributed by atoms with Crippen molar-refractivity contribution in [2.45, 2.75) is 24.8 Å². The molecule has 0 spiro atoms. The van der Waals surface area contributed by atoms with Crippen molar-refractivity contribution in [2.75, 3.05) is 26.2 Å². The average Bonchev–Trinajstić information content (AvgIpc) is 3.22. The van der Waals surface area contributed by atoms with E-state index in [4.69, 9.17) is 4.52 Å². The molecule has 0 bridgehead atoms. The molecule has 2 aliphatic rings.